The van der Waals surface area contributed by atoms with Crippen LogP contribution in [0.5, 0.6) is 0 Å². The van der Waals surface area contributed by atoms with E-state index in [0.29, 0.717) is 13.0 Å². The van der Waals surface area contributed by atoms with Crippen LogP contribution >= 0.6 is 23.1 Å². The van der Waals surface area contributed by atoms with Crippen LogP contribution in [-0.4, -0.2) is 40.7 Å². The Morgan fingerprint density at radius 3 is 2.74 bits per heavy atom. The Kier molecular flexibility index (Phi) is 6.63. The molecule has 2 heterocycles. The fourth-order valence-corrected chi connectivity index (χ4v) is 4.15. The molecule has 5 nitrogen and oxygen atoms in total. The van der Waals surface area contributed by atoms with E-state index in [1.807, 2.05) is 17.5 Å². The molecule has 1 atom stereocenters. The molecular formula is C19H19FN2O3S2. The van der Waals surface area contributed by atoms with Gasteiger partial charge in [-0.05, 0) is 36.1 Å². The Bertz CT molecular complexity index is 822. The summed E-state index contributed by atoms with van der Waals surface area (Å²) < 4.78 is 18.2. The van der Waals surface area contributed by atoms with Crippen LogP contribution < -0.4 is 0 Å². The Hall–Kier alpha value is -2.19. The van der Waals surface area contributed by atoms with E-state index in [-0.39, 0.29) is 35.2 Å². The smallest absolute Gasteiger partial charge is 0.315 e. The van der Waals surface area contributed by atoms with Crippen molar-refractivity contribution in [3.8, 4) is 0 Å². The Morgan fingerprint density at radius 2 is 2.07 bits per heavy atom. The Labute approximate surface area is 165 Å². The van der Waals surface area contributed by atoms with Gasteiger partial charge in [0.2, 0.25) is 0 Å². The van der Waals surface area contributed by atoms with E-state index in [1.54, 1.807) is 30.4 Å². The molecule has 1 aromatic heterocycles. The number of halogens is 1. The fourth-order valence-electron chi connectivity index (χ4n) is 2.77. The lowest BCUT2D eigenvalue weighted by molar-refractivity contribution is -0.139. The van der Waals surface area contributed by atoms with Gasteiger partial charge >= 0.3 is 5.97 Å². The molecule has 0 saturated heterocycles. The SMILES string of the molecule is CCOC(=O)CSCC(=O)N1N=C(c2cccs2)C[C@@H]1c1ccc(F)cc1. The molecule has 0 saturated carbocycles. The molecule has 3 rings (SSSR count). The van der Waals surface area contributed by atoms with Crippen molar-refractivity contribution in [2.75, 3.05) is 18.1 Å². The number of hydrazone groups is 1. The second-order valence-corrected chi connectivity index (χ2v) is 7.76. The minimum atomic E-state index is -0.338. The number of benzene rings is 1. The standard InChI is InChI=1S/C19H19FN2O3S2/c1-2-25-19(24)12-26-11-18(23)22-16(13-5-7-14(20)8-6-13)10-15(21-22)17-4-3-9-27-17/h3-9,16H,2,10-12H2,1H3/t16-/m1/s1. The maximum atomic E-state index is 13.3. The third kappa shape index (κ3) is 4.95. The lowest BCUT2D eigenvalue weighted by Gasteiger charge is -2.22. The molecular weight excluding hydrogens is 387 g/mol. The number of carbonyl (C=O) groups excluding carboxylic acids is 2. The number of carbonyl (C=O) groups is 2. The number of hydrogen-bond acceptors (Lipinski definition) is 6. The first-order chi connectivity index (χ1) is 13.1. The first-order valence-electron chi connectivity index (χ1n) is 8.50. The predicted octanol–water partition coefficient (Wildman–Crippen LogP) is 3.86. The van der Waals surface area contributed by atoms with Crippen molar-refractivity contribution in [2.24, 2.45) is 5.10 Å². The molecule has 0 fully saturated rings. The largest absolute Gasteiger partial charge is 0.465 e. The number of nitrogens with zero attached hydrogens (tertiary/aromatic N) is 2. The second kappa shape index (κ2) is 9.14. The fraction of sp³-hybridized carbons (Fsp3) is 0.316. The van der Waals surface area contributed by atoms with E-state index in [9.17, 15) is 14.0 Å². The van der Waals surface area contributed by atoms with Crippen LogP contribution in [0.3, 0.4) is 0 Å². The third-order valence-corrected chi connectivity index (χ3v) is 5.79. The first kappa shape index (κ1) is 19.6. The number of rotatable bonds is 7. The summed E-state index contributed by atoms with van der Waals surface area (Å²) in [7, 11) is 0. The molecule has 0 bridgehead atoms. The Morgan fingerprint density at radius 1 is 1.30 bits per heavy atom. The zero-order valence-electron chi connectivity index (χ0n) is 14.8. The van der Waals surface area contributed by atoms with Gasteiger partial charge in [0.15, 0.2) is 0 Å². The molecule has 1 aliphatic rings. The van der Waals surface area contributed by atoms with E-state index in [1.165, 1.54) is 28.9 Å². The van der Waals surface area contributed by atoms with E-state index in [2.05, 4.69) is 5.10 Å². The van der Waals surface area contributed by atoms with Crippen LogP contribution in [0.1, 0.15) is 29.8 Å². The predicted molar refractivity (Wildman–Crippen MR) is 105 cm³/mol. The van der Waals surface area contributed by atoms with Crippen molar-refractivity contribution in [1.82, 2.24) is 5.01 Å². The van der Waals surface area contributed by atoms with Gasteiger partial charge in [0.25, 0.3) is 5.91 Å². The summed E-state index contributed by atoms with van der Waals surface area (Å²) in [4.78, 5) is 25.2. The summed E-state index contributed by atoms with van der Waals surface area (Å²) >= 11 is 2.77. The number of hydrogen-bond donors (Lipinski definition) is 0. The zero-order chi connectivity index (χ0) is 19.2. The van der Waals surface area contributed by atoms with Gasteiger partial charge in [0.05, 0.1) is 34.7 Å². The van der Waals surface area contributed by atoms with Crippen molar-refractivity contribution < 1.29 is 18.7 Å². The van der Waals surface area contributed by atoms with Gasteiger partial charge in [-0.1, -0.05) is 18.2 Å². The molecule has 1 aromatic carbocycles. The van der Waals surface area contributed by atoms with Crippen LogP contribution in [0.15, 0.2) is 46.9 Å². The molecule has 0 spiro atoms. The van der Waals surface area contributed by atoms with Gasteiger partial charge in [-0.15, -0.1) is 23.1 Å². The molecule has 1 amide bonds. The van der Waals surface area contributed by atoms with Crippen molar-refractivity contribution in [1.29, 1.82) is 0 Å². The monoisotopic (exact) mass is 406 g/mol. The van der Waals surface area contributed by atoms with E-state index < -0.39 is 0 Å². The van der Waals surface area contributed by atoms with Crippen molar-refractivity contribution >= 4 is 40.7 Å². The van der Waals surface area contributed by atoms with Gasteiger partial charge in [0.1, 0.15) is 5.82 Å². The normalized spacial score (nSPS) is 16.3. The first-order valence-corrected chi connectivity index (χ1v) is 10.5. The van der Waals surface area contributed by atoms with Crippen LogP contribution in [0.4, 0.5) is 4.39 Å². The highest BCUT2D eigenvalue weighted by atomic mass is 32.2. The van der Waals surface area contributed by atoms with Crippen LogP contribution in [0.25, 0.3) is 0 Å². The van der Waals surface area contributed by atoms with E-state index in [4.69, 9.17) is 4.74 Å². The van der Waals surface area contributed by atoms with Gasteiger partial charge in [0, 0.05) is 6.42 Å². The molecule has 2 aromatic rings. The highest BCUT2D eigenvalue weighted by Gasteiger charge is 2.33. The maximum absolute atomic E-state index is 13.3. The average molecular weight is 407 g/mol. The van der Waals surface area contributed by atoms with E-state index in [0.717, 1.165) is 16.2 Å². The summed E-state index contributed by atoms with van der Waals surface area (Å²) in [6.45, 7) is 2.06. The number of thioether (sulfide) groups is 1. The lowest BCUT2D eigenvalue weighted by Crippen LogP contribution is -2.29. The van der Waals surface area contributed by atoms with Crippen LogP contribution in [0, 0.1) is 5.82 Å². The molecule has 0 unspecified atom stereocenters. The second-order valence-electron chi connectivity index (χ2n) is 5.83. The minimum Gasteiger partial charge on any atom is -0.465 e. The van der Waals surface area contributed by atoms with Gasteiger partial charge in [-0.3, -0.25) is 9.59 Å². The minimum absolute atomic E-state index is 0.121. The molecule has 27 heavy (non-hydrogen) atoms. The summed E-state index contributed by atoms with van der Waals surface area (Å²) in [5.41, 5.74) is 1.67. The average Bonchev–Trinajstić information content (AvgIpc) is 3.32. The number of amides is 1. The molecule has 0 N–H and O–H groups in total. The van der Waals surface area contributed by atoms with Gasteiger partial charge < -0.3 is 4.74 Å². The molecule has 0 radical (unpaired) electrons. The molecule has 8 heteroatoms. The highest BCUT2D eigenvalue weighted by molar-refractivity contribution is 8.00. The number of esters is 1. The Balaban J connectivity index is 1.73. The quantitative estimate of drug-likeness (QED) is 0.655. The topological polar surface area (TPSA) is 59.0 Å². The van der Waals surface area contributed by atoms with Crippen molar-refractivity contribution in [3.63, 3.8) is 0 Å². The maximum Gasteiger partial charge on any atom is 0.315 e. The summed E-state index contributed by atoms with van der Waals surface area (Å²) in [5.74, 6) is -0.604. The summed E-state index contributed by atoms with van der Waals surface area (Å²) in [6, 6.07) is 9.76. The molecule has 142 valence electrons. The third-order valence-electron chi connectivity index (χ3n) is 3.98. The number of thiophene rings is 1. The highest BCUT2D eigenvalue weighted by Crippen LogP contribution is 2.34. The summed E-state index contributed by atoms with van der Waals surface area (Å²) in [6.07, 6.45) is 0.570. The zero-order valence-corrected chi connectivity index (χ0v) is 16.4. The van der Waals surface area contributed by atoms with Gasteiger partial charge in [-0.25, -0.2) is 9.40 Å². The lowest BCUT2D eigenvalue weighted by atomic mass is 10.0. The summed E-state index contributed by atoms with van der Waals surface area (Å²) in [5, 5.41) is 7.95. The van der Waals surface area contributed by atoms with E-state index >= 15 is 0 Å². The van der Waals surface area contributed by atoms with Crippen LogP contribution in [0.2, 0.25) is 0 Å². The van der Waals surface area contributed by atoms with Gasteiger partial charge in [-0.2, -0.15) is 5.10 Å². The molecule has 1 aliphatic heterocycles. The van der Waals surface area contributed by atoms with Crippen molar-refractivity contribution in [2.45, 2.75) is 19.4 Å². The van der Waals surface area contributed by atoms with Crippen molar-refractivity contribution in [3.05, 3.63) is 58.0 Å². The van der Waals surface area contributed by atoms with Crippen LogP contribution in [-0.2, 0) is 14.3 Å². The molecule has 0 aliphatic carbocycles. The number of ether oxygens (including phenoxy) is 1.